The fraction of sp³-hybridized carbons (Fsp3) is 0.791. The lowest BCUT2D eigenvalue weighted by Crippen LogP contribution is -2.37. The third kappa shape index (κ3) is 79.9. The summed E-state index contributed by atoms with van der Waals surface area (Å²) in [5.41, 5.74) is 0. The number of rotatable bonds is 76. The molecular weight excluding hydrogens is 1210 g/mol. The molecule has 0 heterocycles. The van der Waals surface area contributed by atoms with Crippen molar-refractivity contribution in [2.75, 3.05) is 47.5 Å². The quantitative estimate of drug-likeness (QED) is 0.0211. The first kappa shape index (κ1) is 92.9. The van der Waals surface area contributed by atoms with Crippen molar-refractivity contribution in [3.8, 4) is 0 Å². The second-order valence-corrected chi connectivity index (χ2v) is 30.2. The summed E-state index contributed by atoms with van der Waals surface area (Å²) in [6.45, 7) is 4.38. The van der Waals surface area contributed by atoms with Gasteiger partial charge in [0.25, 0.3) is 0 Å². The number of esters is 2. The van der Waals surface area contributed by atoms with Gasteiger partial charge in [0.15, 0.2) is 6.10 Å². The molecule has 0 aliphatic rings. The average Bonchev–Trinajstić information content (AvgIpc) is 2.54. The van der Waals surface area contributed by atoms with Crippen LogP contribution in [0.15, 0.2) is 97.2 Å². The van der Waals surface area contributed by atoms with Crippen LogP contribution >= 0.6 is 7.82 Å². The van der Waals surface area contributed by atoms with Gasteiger partial charge in [-0.2, -0.15) is 0 Å². The molecule has 96 heavy (non-hydrogen) atoms. The summed E-state index contributed by atoms with van der Waals surface area (Å²) in [6.07, 6.45) is 107. The second-order valence-electron chi connectivity index (χ2n) is 28.8. The standard InChI is InChI=1S/C86H156NO8P/c1-6-8-10-12-14-16-18-20-22-24-26-28-30-32-34-36-38-39-40-41-42-43-44-45-46-47-49-51-53-55-57-59-61-63-65-67-69-71-73-75-77-79-86(89)95-84(83-94-96(90,91)93-81-80-87(3,4)5)82-92-85(88)78-76-74-72-70-68-66-64-62-60-58-56-54-52-50-48-37-35-33-31-29-27-25-23-21-19-17-15-13-11-9-7-2/h8,10,14,16,20,22,26,28,32,34,38-39,41-42,44-45,84H,6-7,9,11-13,15,17-19,21,23-25,27,29-31,33,35-37,40,43,46-83H2,1-5H3/p+1/b10-8-,16-14-,22-20-,28-26-,34-32-,39-38-,42-41-,45-44-. The Bertz CT molecular complexity index is 1940. The zero-order valence-electron chi connectivity index (χ0n) is 63.9. The third-order valence-electron chi connectivity index (χ3n) is 18.1. The van der Waals surface area contributed by atoms with Crippen molar-refractivity contribution in [3.05, 3.63) is 97.2 Å². The highest BCUT2D eigenvalue weighted by Crippen LogP contribution is 2.43. The minimum absolute atomic E-state index is 0.0318. The van der Waals surface area contributed by atoms with Crippen LogP contribution in [0.2, 0.25) is 0 Å². The molecular formula is C86H157NO8P+. The first-order valence-corrected chi connectivity index (χ1v) is 42.5. The van der Waals surface area contributed by atoms with Gasteiger partial charge in [0.05, 0.1) is 27.7 Å². The molecule has 0 aromatic rings. The van der Waals surface area contributed by atoms with E-state index in [0.717, 1.165) is 83.5 Å². The van der Waals surface area contributed by atoms with Gasteiger partial charge >= 0.3 is 19.8 Å². The van der Waals surface area contributed by atoms with Crippen molar-refractivity contribution < 1.29 is 42.1 Å². The normalized spacial score (nSPS) is 13.5. The molecule has 1 N–H and O–H groups in total. The van der Waals surface area contributed by atoms with Crippen LogP contribution in [0.5, 0.6) is 0 Å². The van der Waals surface area contributed by atoms with E-state index >= 15 is 0 Å². The maximum atomic E-state index is 12.9. The minimum Gasteiger partial charge on any atom is -0.462 e. The molecule has 0 rings (SSSR count). The number of phosphoric acid groups is 1. The van der Waals surface area contributed by atoms with Crippen LogP contribution in [0.4, 0.5) is 0 Å². The monoisotopic (exact) mass is 1360 g/mol. The highest BCUT2D eigenvalue weighted by Gasteiger charge is 2.27. The van der Waals surface area contributed by atoms with Crippen molar-refractivity contribution in [1.29, 1.82) is 0 Å². The number of phosphoric ester groups is 1. The van der Waals surface area contributed by atoms with Gasteiger partial charge in [-0.25, -0.2) is 4.57 Å². The second kappa shape index (κ2) is 76.1. The Hall–Kier alpha value is -3.07. The van der Waals surface area contributed by atoms with E-state index < -0.39 is 26.5 Å². The zero-order chi connectivity index (χ0) is 69.7. The molecule has 0 amide bonds. The first-order chi connectivity index (χ1) is 47.0. The number of ether oxygens (including phenoxy) is 2. The van der Waals surface area contributed by atoms with E-state index in [2.05, 4.69) is 111 Å². The fourth-order valence-electron chi connectivity index (χ4n) is 11.9. The van der Waals surface area contributed by atoms with Gasteiger partial charge in [0.1, 0.15) is 19.8 Å². The smallest absolute Gasteiger partial charge is 0.462 e. The number of allylic oxidation sites excluding steroid dienone is 16. The summed E-state index contributed by atoms with van der Waals surface area (Å²) in [6, 6.07) is 0. The Kier molecular flexibility index (Phi) is 73.7. The molecule has 0 saturated heterocycles. The first-order valence-electron chi connectivity index (χ1n) is 41.0. The highest BCUT2D eigenvalue weighted by atomic mass is 31.2. The maximum Gasteiger partial charge on any atom is 0.472 e. The Morgan fingerprint density at radius 1 is 0.333 bits per heavy atom. The topological polar surface area (TPSA) is 108 Å². The SMILES string of the molecule is CC/C=C\C/C=C\C/C=C\C/C=C\C/C=C\C/C=C\C/C=C\C/C=C\CCCCCCCCCCCCCCCCCCC(=O)OC(COC(=O)CCCCCCCCCCCCCCCCCCCCCCCCCCCCCCCCC)COP(=O)(O)OCC[N+](C)(C)C. The number of hydrogen-bond donors (Lipinski definition) is 1. The third-order valence-corrected chi connectivity index (χ3v) is 19.1. The van der Waals surface area contributed by atoms with Crippen LogP contribution in [-0.4, -0.2) is 74.9 Å². The average molecular weight is 1360 g/mol. The van der Waals surface area contributed by atoms with Crippen molar-refractivity contribution in [2.24, 2.45) is 0 Å². The molecule has 0 bridgehead atoms. The van der Waals surface area contributed by atoms with E-state index in [1.54, 1.807) is 0 Å². The van der Waals surface area contributed by atoms with Crippen LogP contribution in [-0.2, 0) is 32.7 Å². The van der Waals surface area contributed by atoms with Crippen molar-refractivity contribution in [3.63, 3.8) is 0 Å². The number of unbranched alkanes of at least 4 members (excludes halogenated alkanes) is 46. The van der Waals surface area contributed by atoms with Gasteiger partial charge in [-0.3, -0.25) is 18.6 Å². The van der Waals surface area contributed by atoms with Crippen molar-refractivity contribution >= 4 is 19.8 Å². The molecule has 0 radical (unpaired) electrons. The van der Waals surface area contributed by atoms with Gasteiger partial charge in [-0.1, -0.05) is 394 Å². The lowest BCUT2D eigenvalue weighted by Gasteiger charge is -2.24. The Morgan fingerprint density at radius 3 is 0.885 bits per heavy atom. The Balaban J connectivity index is 3.94. The molecule has 2 unspecified atom stereocenters. The summed E-state index contributed by atoms with van der Waals surface area (Å²) in [5, 5.41) is 0. The largest absolute Gasteiger partial charge is 0.472 e. The van der Waals surface area contributed by atoms with Crippen LogP contribution < -0.4 is 0 Å². The van der Waals surface area contributed by atoms with E-state index in [-0.39, 0.29) is 25.6 Å². The Labute approximate surface area is 595 Å². The van der Waals surface area contributed by atoms with Crippen molar-refractivity contribution in [1.82, 2.24) is 0 Å². The number of likely N-dealkylation sites (N-methyl/N-ethyl adjacent to an activating group) is 1. The number of carbonyl (C=O) groups is 2. The number of hydrogen-bond acceptors (Lipinski definition) is 7. The molecule has 0 aromatic carbocycles. The van der Waals surface area contributed by atoms with Gasteiger partial charge in [0.2, 0.25) is 0 Å². The number of quaternary nitrogens is 1. The summed E-state index contributed by atoms with van der Waals surface area (Å²) in [7, 11) is 1.49. The molecule has 558 valence electrons. The minimum atomic E-state index is -4.40. The molecule has 2 atom stereocenters. The van der Waals surface area contributed by atoms with Crippen LogP contribution in [0.25, 0.3) is 0 Å². The molecule has 0 aliphatic heterocycles. The zero-order valence-corrected chi connectivity index (χ0v) is 64.7. The van der Waals surface area contributed by atoms with E-state index in [1.165, 1.54) is 270 Å². The fourth-order valence-corrected chi connectivity index (χ4v) is 12.7. The van der Waals surface area contributed by atoms with Gasteiger partial charge < -0.3 is 18.9 Å². The molecule has 0 aromatic heterocycles. The summed E-state index contributed by atoms with van der Waals surface area (Å²) < 4.78 is 34.8. The Morgan fingerprint density at radius 2 is 0.594 bits per heavy atom. The summed E-state index contributed by atoms with van der Waals surface area (Å²) >= 11 is 0. The van der Waals surface area contributed by atoms with Gasteiger partial charge in [0, 0.05) is 12.8 Å². The summed E-state index contributed by atoms with van der Waals surface area (Å²) in [5.74, 6) is -0.779. The van der Waals surface area contributed by atoms with Crippen molar-refractivity contribution in [2.45, 2.75) is 392 Å². The lowest BCUT2D eigenvalue weighted by atomic mass is 10.0. The molecule has 10 heteroatoms. The molecule has 0 spiro atoms. The van der Waals surface area contributed by atoms with Crippen LogP contribution in [0.3, 0.4) is 0 Å². The highest BCUT2D eigenvalue weighted by molar-refractivity contribution is 7.47. The van der Waals surface area contributed by atoms with Crippen LogP contribution in [0.1, 0.15) is 386 Å². The van der Waals surface area contributed by atoms with E-state index in [0.29, 0.717) is 23.9 Å². The predicted octanol–water partition coefficient (Wildman–Crippen LogP) is 27.4. The molecule has 9 nitrogen and oxygen atoms in total. The summed E-state index contributed by atoms with van der Waals surface area (Å²) in [4.78, 5) is 36.0. The predicted molar refractivity (Wildman–Crippen MR) is 418 cm³/mol. The molecule has 0 saturated carbocycles. The number of carbonyl (C=O) groups excluding carboxylic acids is 2. The lowest BCUT2D eigenvalue weighted by molar-refractivity contribution is -0.870. The molecule has 0 aliphatic carbocycles. The van der Waals surface area contributed by atoms with Crippen LogP contribution in [0, 0.1) is 0 Å². The maximum absolute atomic E-state index is 12.9. The van der Waals surface area contributed by atoms with Gasteiger partial charge in [-0.05, 0) is 77.0 Å². The van der Waals surface area contributed by atoms with E-state index in [9.17, 15) is 19.0 Å². The van der Waals surface area contributed by atoms with E-state index in [4.69, 9.17) is 18.5 Å². The number of nitrogens with zero attached hydrogens (tertiary/aromatic N) is 1. The molecule has 0 fully saturated rings. The van der Waals surface area contributed by atoms with Gasteiger partial charge in [-0.15, -0.1) is 0 Å². The van der Waals surface area contributed by atoms with E-state index in [1.807, 2.05) is 21.1 Å².